The van der Waals surface area contributed by atoms with E-state index in [2.05, 4.69) is 0 Å². The van der Waals surface area contributed by atoms with E-state index >= 15 is 0 Å². The lowest BCUT2D eigenvalue weighted by Gasteiger charge is -2.32. The quantitative estimate of drug-likeness (QED) is 0.359. The third-order valence-electron chi connectivity index (χ3n) is 5.20. The molecule has 3 rings (SSSR count). The summed E-state index contributed by atoms with van der Waals surface area (Å²) in [6.45, 7) is 1.42. The lowest BCUT2D eigenvalue weighted by atomic mass is 9.96. The van der Waals surface area contributed by atoms with Gasteiger partial charge in [-0.3, -0.25) is 14.9 Å². The Morgan fingerprint density at radius 2 is 1.93 bits per heavy atom. The molecule has 2 fully saturated rings. The maximum absolute atomic E-state index is 12.8. The van der Waals surface area contributed by atoms with Crippen molar-refractivity contribution in [1.29, 1.82) is 5.26 Å². The molecule has 0 aromatic heterocycles. The molecule has 0 unspecified atom stereocenters. The fourth-order valence-electron chi connectivity index (χ4n) is 3.59. The highest BCUT2D eigenvalue weighted by atomic mass is 32.2. The van der Waals surface area contributed by atoms with Gasteiger partial charge in [-0.15, -0.1) is 0 Å². The summed E-state index contributed by atoms with van der Waals surface area (Å²) in [5.41, 5.74) is 0.0135. The van der Waals surface area contributed by atoms with Crippen molar-refractivity contribution in [2.75, 3.05) is 50.9 Å². The number of rotatable bonds is 6. The van der Waals surface area contributed by atoms with E-state index in [9.17, 15) is 23.3 Å². The number of morpholine rings is 1. The highest BCUT2D eigenvalue weighted by molar-refractivity contribution is 7.89. The molecule has 0 spiro atoms. The molecule has 30 heavy (non-hydrogen) atoms. The first kappa shape index (κ1) is 21.9. The van der Waals surface area contributed by atoms with Gasteiger partial charge in [0.1, 0.15) is 11.8 Å². The average Bonchev–Trinajstić information content (AvgIpc) is 2.77. The first-order chi connectivity index (χ1) is 14.3. The standard InChI is InChI=1S/C18H22N4O7S/c19-5-10-29-18(23)14-3-6-20(7-4-14)16-2-1-15(13-17(16)22(24)25)30(26,27)21-8-11-28-12-9-21/h1-2,13-14H,3-4,6-12H2. The van der Waals surface area contributed by atoms with Crippen molar-refractivity contribution in [2.24, 2.45) is 5.92 Å². The van der Waals surface area contributed by atoms with Crippen molar-refractivity contribution in [1.82, 2.24) is 4.31 Å². The number of nitriles is 1. The van der Waals surface area contributed by atoms with E-state index in [1.54, 1.807) is 11.0 Å². The number of benzene rings is 1. The molecule has 1 aromatic rings. The van der Waals surface area contributed by atoms with Gasteiger partial charge in [-0.25, -0.2) is 8.42 Å². The van der Waals surface area contributed by atoms with Crippen LogP contribution in [0.15, 0.2) is 23.1 Å². The van der Waals surface area contributed by atoms with Gasteiger partial charge in [0.2, 0.25) is 10.0 Å². The molecular weight excluding hydrogens is 416 g/mol. The Hall–Kier alpha value is -2.75. The maximum Gasteiger partial charge on any atom is 0.310 e. The number of anilines is 1. The summed E-state index contributed by atoms with van der Waals surface area (Å²) in [6.07, 6.45) is 0.852. The number of hydrogen-bond donors (Lipinski definition) is 0. The second-order valence-electron chi connectivity index (χ2n) is 6.95. The Labute approximate surface area is 174 Å². The first-order valence-corrected chi connectivity index (χ1v) is 10.9. The van der Waals surface area contributed by atoms with Crippen molar-refractivity contribution < 1.29 is 27.6 Å². The van der Waals surface area contributed by atoms with Crippen LogP contribution in [0.4, 0.5) is 11.4 Å². The molecule has 1 aromatic carbocycles. The van der Waals surface area contributed by atoms with Crippen LogP contribution in [0.25, 0.3) is 0 Å². The fraction of sp³-hybridized carbons (Fsp3) is 0.556. The van der Waals surface area contributed by atoms with Crippen LogP contribution in [-0.2, 0) is 24.3 Å². The largest absolute Gasteiger partial charge is 0.450 e. The van der Waals surface area contributed by atoms with Crippen molar-refractivity contribution in [3.63, 3.8) is 0 Å². The fourth-order valence-corrected chi connectivity index (χ4v) is 5.02. The molecule has 2 aliphatic rings. The minimum absolute atomic E-state index is 0.130. The van der Waals surface area contributed by atoms with E-state index in [-0.39, 0.29) is 49.4 Å². The highest BCUT2D eigenvalue weighted by Gasteiger charge is 2.32. The lowest BCUT2D eigenvalue weighted by Crippen LogP contribution is -2.40. The maximum atomic E-state index is 12.8. The lowest BCUT2D eigenvalue weighted by molar-refractivity contribution is -0.384. The first-order valence-electron chi connectivity index (χ1n) is 9.49. The molecule has 0 atom stereocenters. The normalized spacial score (nSPS) is 18.6. The molecule has 2 heterocycles. The van der Waals surface area contributed by atoms with E-state index < -0.39 is 20.9 Å². The smallest absolute Gasteiger partial charge is 0.310 e. The molecule has 0 saturated carbocycles. The number of hydrogen-bond acceptors (Lipinski definition) is 9. The number of ether oxygens (including phenoxy) is 2. The Balaban J connectivity index is 1.78. The summed E-state index contributed by atoms with van der Waals surface area (Å²) in [5.74, 6) is -0.813. The second kappa shape index (κ2) is 9.38. The Morgan fingerprint density at radius 3 is 2.53 bits per heavy atom. The van der Waals surface area contributed by atoms with Crippen molar-refractivity contribution in [3.8, 4) is 6.07 Å². The molecule has 0 amide bonds. The van der Waals surface area contributed by atoms with E-state index in [1.807, 2.05) is 0 Å². The molecule has 2 saturated heterocycles. The SMILES string of the molecule is N#CCOC(=O)C1CCN(c2ccc(S(=O)(=O)N3CCOCC3)cc2[N+](=O)[O-])CC1. The molecular formula is C18H22N4O7S. The molecule has 2 aliphatic heterocycles. The predicted octanol–water partition coefficient (Wildman–Crippen LogP) is 0.899. The zero-order valence-electron chi connectivity index (χ0n) is 16.2. The van der Waals surface area contributed by atoms with Crippen LogP contribution < -0.4 is 4.90 Å². The van der Waals surface area contributed by atoms with Crippen molar-refractivity contribution in [2.45, 2.75) is 17.7 Å². The summed E-state index contributed by atoms with van der Waals surface area (Å²) in [4.78, 5) is 24.6. The van der Waals surface area contributed by atoms with E-state index in [4.69, 9.17) is 14.7 Å². The number of sulfonamides is 1. The predicted molar refractivity (Wildman–Crippen MR) is 104 cm³/mol. The van der Waals surface area contributed by atoms with Gasteiger partial charge in [0, 0.05) is 32.2 Å². The van der Waals surface area contributed by atoms with Crippen LogP contribution in [0.3, 0.4) is 0 Å². The molecule has 0 bridgehead atoms. The number of nitrogens with zero attached hydrogens (tertiary/aromatic N) is 4. The van der Waals surface area contributed by atoms with Gasteiger partial charge in [0.05, 0.1) is 29.0 Å². The zero-order valence-corrected chi connectivity index (χ0v) is 17.0. The van der Waals surface area contributed by atoms with Gasteiger partial charge in [0.15, 0.2) is 6.61 Å². The van der Waals surface area contributed by atoms with Gasteiger partial charge in [0.25, 0.3) is 5.69 Å². The number of carbonyl (C=O) groups excluding carboxylic acids is 1. The molecule has 0 radical (unpaired) electrons. The van der Waals surface area contributed by atoms with Crippen molar-refractivity contribution >= 4 is 27.4 Å². The summed E-state index contributed by atoms with van der Waals surface area (Å²) in [7, 11) is -3.85. The molecule has 0 N–H and O–H groups in total. The number of nitro groups is 1. The summed E-state index contributed by atoms with van der Waals surface area (Å²) in [6, 6.07) is 5.66. The molecule has 0 aliphatic carbocycles. The summed E-state index contributed by atoms with van der Waals surface area (Å²) >= 11 is 0. The minimum Gasteiger partial charge on any atom is -0.450 e. The highest BCUT2D eigenvalue weighted by Crippen LogP contribution is 2.34. The van der Waals surface area contributed by atoms with Gasteiger partial charge in [-0.2, -0.15) is 9.57 Å². The number of piperidine rings is 1. The topological polar surface area (TPSA) is 143 Å². The molecule has 162 valence electrons. The van der Waals surface area contributed by atoms with Crippen LogP contribution in [-0.4, -0.2) is 69.6 Å². The van der Waals surface area contributed by atoms with Gasteiger partial charge in [-0.1, -0.05) is 0 Å². The average molecular weight is 438 g/mol. The number of nitro benzene ring substituents is 1. The van der Waals surface area contributed by atoms with Crippen LogP contribution in [0.5, 0.6) is 0 Å². The van der Waals surface area contributed by atoms with E-state index in [0.29, 0.717) is 31.6 Å². The van der Waals surface area contributed by atoms with Crippen molar-refractivity contribution in [3.05, 3.63) is 28.3 Å². The van der Waals surface area contributed by atoms with E-state index in [1.165, 1.54) is 16.4 Å². The Morgan fingerprint density at radius 1 is 1.27 bits per heavy atom. The molecule has 11 nitrogen and oxygen atoms in total. The minimum atomic E-state index is -3.85. The number of esters is 1. The third kappa shape index (κ3) is 4.69. The monoisotopic (exact) mass is 438 g/mol. The summed E-state index contributed by atoms with van der Waals surface area (Å²) < 4.78 is 36.9. The third-order valence-corrected chi connectivity index (χ3v) is 7.09. The Kier molecular flexibility index (Phi) is 6.86. The zero-order chi connectivity index (χ0) is 21.7. The summed E-state index contributed by atoms with van der Waals surface area (Å²) in [5, 5.41) is 20.2. The van der Waals surface area contributed by atoms with Gasteiger partial charge < -0.3 is 14.4 Å². The molecule has 12 heteroatoms. The van der Waals surface area contributed by atoms with Crippen LogP contribution >= 0.6 is 0 Å². The van der Waals surface area contributed by atoms with Crippen LogP contribution in [0.2, 0.25) is 0 Å². The van der Waals surface area contributed by atoms with Gasteiger partial charge >= 0.3 is 5.97 Å². The second-order valence-corrected chi connectivity index (χ2v) is 8.89. The van der Waals surface area contributed by atoms with Gasteiger partial charge in [-0.05, 0) is 25.0 Å². The van der Waals surface area contributed by atoms with E-state index in [0.717, 1.165) is 6.07 Å². The Bertz CT molecular complexity index is 946. The van der Waals surface area contributed by atoms with Crippen LogP contribution in [0, 0.1) is 27.4 Å². The van der Waals surface area contributed by atoms with Crippen LogP contribution in [0.1, 0.15) is 12.8 Å². The number of carbonyl (C=O) groups is 1.